The Morgan fingerprint density at radius 3 is 2.94 bits per heavy atom. The van der Waals surface area contributed by atoms with Gasteiger partial charge in [-0.05, 0) is 6.07 Å². The Labute approximate surface area is 101 Å². The number of ether oxygens (including phenoxy) is 3. The highest BCUT2D eigenvalue weighted by atomic mass is 16.5. The van der Waals surface area contributed by atoms with Crippen LogP contribution in [0.25, 0.3) is 0 Å². The maximum atomic E-state index is 8.82. The van der Waals surface area contributed by atoms with Gasteiger partial charge in [0.25, 0.3) is 0 Å². The summed E-state index contributed by atoms with van der Waals surface area (Å²) in [6.45, 7) is 2.31. The Hall–Kier alpha value is -1.64. The Kier molecular flexibility index (Phi) is 6.72. The Morgan fingerprint density at radius 1 is 1.29 bits per heavy atom. The fourth-order valence-electron chi connectivity index (χ4n) is 1.17. The number of nitrogens with zero attached hydrogens (tertiary/aromatic N) is 2. The van der Waals surface area contributed by atoms with Gasteiger partial charge in [-0.1, -0.05) is 0 Å². The third-order valence-electron chi connectivity index (χ3n) is 2.03. The molecular formula is C12H16N2O3. The van der Waals surface area contributed by atoms with Crippen molar-refractivity contribution in [2.45, 2.75) is 6.42 Å². The summed E-state index contributed by atoms with van der Waals surface area (Å²) in [6, 6.07) is 3.68. The van der Waals surface area contributed by atoms with Gasteiger partial charge in [0.2, 0.25) is 0 Å². The minimum atomic E-state index is 0.500. The van der Waals surface area contributed by atoms with Crippen molar-refractivity contribution in [3.8, 4) is 11.8 Å². The molecule has 5 heteroatoms. The summed E-state index contributed by atoms with van der Waals surface area (Å²) in [5.41, 5.74) is 0.500. The van der Waals surface area contributed by atoms with Crippen LogP contribution in [0.2, 0.25) is 0 Å². The molecule has 0 amide bonds. The standard InChI is InChI=1S/C12H16N2O3/c1-15-7-8-16-5-2-6-17-12-10-14-4-3-11(12)9-13/h3-4,10H,2,5-8H2,1H3. The predicted octanol–water partition coefficient (Wildman–Crippen LogP) is 1.39. The molecule has 92 valence electrons. The van der Waals surface area contributed by atoms with Gasteiger partial charge < -0.3 is 14.2 Å². The zero-order chi connectivity index (χ0) is 12.3. The summed E-state index contributed by atoms with van der Waals surface area (Å²) in [5, 5.41) is 8.82. The van der Waals surface area contributed by atoms with Gasteiger partial charge in [0.15, 0.2) is 5.75 Å². The van der Waals surface area contributed by atoms with E-state index in [4.69, 9.17) is 19.5 Å². The molecule has 0 N–H and O–H groups in total. The van der Waals surface area contributed by atoms with Gasteiger partial charge in [-0.2, -0.15) is 5.26 Å². The van der Waals surface area contributed by atoms with Crippen molar-refractivity contribution in [3.63, 3.8) is 0 Å². The molecule has 1 aromatic rings. The fraction of sp³-hybridized carbons (Fsp3) is 0.500. The van der Waals surface area contributed by atoms with Crippen molar-refractivity contribution in [1.29, 1.82) is 5.26 Å². The zero-order valence-electron chi connectivity index (χ0n) is 9.89. The Bertz CT molecular complexity index is 363. The average Bonchev–Trinajstić information content (AvgIpc) is 2.38. The van der Waals surface area contributed by atoms with E-state index in [1.54, 1.807) is 25.6 Å². The second kappa shape index (κ2) is 8.50. The zero-order valence-corrected chi connectivity index (χ0v) is 9.89. The van der Waals surface area contributed by atoms with E-state index >= 15 is 0 Å². The lowest BCUT2D eigenvalue weighted by Crippen LogP contribution is -2.07. The van der Waals surface area contributed by atoms with Gasteiger partial charge in [0.05, 0.1) is 31.6 Å². The van der Waals surface area contributed by atoms with Crippen molar-refractivity contribution < 1.29 is 14.2 Å². The van der Waals surface area contributed by atoms with Crippen LogP contribution in [0, 0.1) is 11.3 Å². The normalized spacial score (nSPS) is 9.88. The highest BCUT2D eigenvalue weighted by molar-refractivity contribution is 5.40. The van der Waals surface area contributed by atoms with Crippen LogP contribution in [0.3, 0.4) is 0 Å². The van der Waals surface area contributed by atoms with E-state index in [0.29, 0.717) is 37.7 Å². The van der Waals surface area contributed by atoms with E-state index in [0.717, 1.165) is 6.42 Å². The maximum Gasteiger partial charge on any atom is 0.155 e. The van der Waals surface area contributed by atoms with E-state index in [2.05, 4.69) is 11.1 Å². The smallest absolute Gasteiger partial charge is 0.155 e. The minimum absolute atomic E-state index is 0.500. The number of hydrogen-bond acceptors (Lipinski definition) is 5. The number of methoxy groups -OCH3 is 1. The van der Waals surface area contributed by atoms with Crippen molar-refractivity contribution in [1.82, 2.24) is 4.98 Å². The lowest BCUT2D eigenvalue weighted by Gasteiger charge is -2.07. The maximum absolute atomic E-state index is 8.82. The summed E-state index contributed by atoms with van der Waals surface area (Å²) >= 11 is 0. The molecule has 0 fully saturated rings. The Balaban J connectivity index is 2.16. The van der Waals surface area contributed by atoms with Crippen LogP contribution in [-0.4, -0.2) is 38.5 Å². The van der Waals surface area contributed by atoms with Crippen LogP contribution in [0.5, 0.6) is 5.75 Å². The average molecular weight is 236 g/mol. The number of pyridine rings is 1. The molecule has 0 aliphatic carbocycles. The molecule has 0 saturated heterocycles. The van der Waals surface area contributed by atoms with E-state index in [1.165, 1.54) is 0 Å². The number of nitriles is 1. The quantitative estimate of drug-likeness (QED) is 0.638. The van der Waals surface area contributed by atoms with Gasteiger partial charge in [-0.15, -0.1) is 0 Å². The third-order valence-corrected chi connectivity index (χ3v) is 2.03. The first-order valence-corrected chi connectivity index (χ1v) is 5.42. The number of hydrogen-bond donors (Lipinski definition) is 0. The summed E-state index contributed by atoms with van der Waals surface area (Å²) in [7, 11) is 1.64. The second-order valence-electron chi connectivity index (χ2n) is 3.29. The van der Waals surface area contributed by atoms with Crippen molar-refractivity contribution in [2.75, 3.05) is 33.5 Å². The summed E-state index contributed by atoms with van der Waals surface area (Å²) in [5.74, 6) is 0.520. The largest absolute Gasteiger partial charge is 0.490 e. The van der Waals surface area contributed by atoms with Crippen LogP contribution in [-0.2, 0) is 9.47 Å². The van der Waals surface area contributed by atoms with Crippen LogP contribution in [0.15, 0.2) is 18.5 Å². The lowest BCUT2D eigenvalue weighted by atomic mass is 10.3. The van der Waals surface area contributed by atoms with Crippen LogP contribution in [0.4, 0.5) is 0 Å². The molecule has 0 radical (unpaired) electrons. The molecule has 0 atom stereocenters. The molecule has 0 bridgehead atoms. The van der Waals surface area contributed by atoms with E-state index in [1.807, 2.05) is 0 Å². The van der Waals surface area contributed by atoms with E-state index in [9.17, 15) is 0 Å². The molecule has 0 saturated carbocycles. The molecule has 5 nitrogen and oxygen atoms in total. The highest BCUT2D eigenvalue weighted by Crippen LogP contribution is 2.14. The monoisotopic (exact) mass is 236 g/mol. The van der Waals surface area contributed by atoms with Gasteiger partial charge in [0.1, 0.15) is 6.07 Å². The molecule has 1 rings (SSSR count). The summed E-state index contributed by atoms with van der Waals surface area (Å²) in [4.78, 5) is 3.91. The Morgan fingerprint density at radius 2 is 2.18 bits per heavy atom. The van der Waals surface area contributed by atoms with Crippen LogP contribution < -0.4 is 4.74 Å². The van der Waals surface area contributed by atoms with Crippen molar-refractivity contribution in [2.24, 2.45) is 0 Å². The lowest BCUT2D eigenvalue weighted by molar-refractivity contribution is 0.0644. The SMILES string of the molecule is COCCOCCCOc1cnccc1C#N. The molecule has 0 aromatic carbocycles. The van der Waals surface area contributed by atoms with E-state index < -0.39 is 0 Å². The van der Waals surface area contributed by atoms with Crippen molar-refractivity contribution >= 4 is 0 Å². The fourth-order valence-corrected chi connectivity index (χ4v) is 1.17. The summed E-state index contributed by atoms with van der Waals surface area (Å²) in [6.07, 6.45) is 3.88. The minimum Gasteiger partial charge on any atom is -0.490 e. The molecule has 0 aliphatic rings. The predicted molar refractivity (Wildman–Crippen MR) is 61.8 cm³/mol. The molecule has 17 heavy (non-hydrogen) atoms. The van der Waals surface area contributed by atoms with E-state index in [-0.39, 0.29) is 0 Å². The van der Waals surface area contributed by atoms with Crippen LogP contribution in [0.1, 0.15) is 12.0 Å². The first-order valence-electron chi connectivity index (χ1n) is 5.42. The van der Waals surface area contributed by atoms with Gasteiger partial charge in [-0.3, -0.25) is 4.98 Å². The molecule has 1 aromatic heterocycles. The first-order chi connectivity index (χ1) is 8.38. The van der Waals surface area contributed by atoms with Gasteiger partial charge in [-0.25, -0.2) is 0 Å². The molecule has 0 unspecified atom stereocenters. The highest BCUT2D eigenvalue weighted by Gasteiger charge is 2.01. The topological polar surface area (TPSA) is 64.4 Å². The van der Waals surface area contributed by atoms with Crippen molar-refractivity contribution in [3.05, 3.63) is 24.0 Å². The van der Waals surface area contributed by atoms with Gasteiger partial charge >= 0.3 is 0 Å². The number of rotatable bonds is 8. The molecular weight excluding hydrogens is 220 g/mol. The number of aromatic nitrogens is 1. The molecule has 0 spiro atoms. The third kappa shape index (κ3) is 5.29. The summed E-state index contributed by atoms with van der Waals surface area (Å²) < 4.78 is 15.6. The molecule has 1 heterocycles. The van der Waals surface area contributed by atoms with Crippen LogP contribution >= 0.6 is 0 Å². The second-order valence-corrected chi connectivity index (χ2v) is 3.29. The first kappa shape index (κ1) is 13.4. The van der Waals surface area contributed by atoms with Gasteiger partial charge in [0, 0.05) is 26.3 Å². The molecule has 0 aliphatic heterocycles.